The van der Waals surface area contributed by atoms with E-state index in [1.165, 1.54) is 17.7 Å². The fourth-order valence-electron chi connectivity index (χ4n) is 3.68. The van der Waals surface area contributed by atoms with Crippen LogP contribution in [0.1, 0.15) is 37.7 Å². The quantitative estimate of drug-likeness (QED) is 0.569. The van der Waals surface area contributed by atoms with Crippen LogP contribution in [0.4, 0.5) is 13.2 Å². The minimum Gasteiger partial charge on any atom is -0.474 e. The molecule has 1 aromatic heterocycles. The van der Waals surface area contributed by atoms with Gasteiger partial charge in [-0.25, -0.2) is 4.98 Å². The van der Waals surface area contributed by atoms with Crippen LogP contribution in [-0.2, 0) is 6.54 Å². The molecule has 1 aliphatic carbocycles. The zero-order chi connectivity index (χ0) is 20.0. The Kier molecular flexibility index (Phi) is 6.98. The maximum absolute atomic E-state index is 12.5. The van der Waals surface area contributed by atoms with Gasteiger partial charge < -0.3 is 15.4 Å². The summed E-state index contributed by atoms with van der Waals surface area (Å²) in [6.45, 7) is 0.447. The molecule has 2 N–H and O–H groups in total. The average Bonchev–Trinajstić information content (AvgIpc) is 3.30. The van der Waals surface area contributed by atoms with Gasteiger partial charge in [0, 0.05) is 45.0 Å². The lowest BCUT2D eigenvalue weighted by Crippen LogP contribution is -2.44. The second kappa shape index (κ2) is 9.45. The highest BCUT2D eigenvalue weighted by atomic mass is 19.4. The monoisotopic (exact) mass is 399 g/mol. The van der Waals surface area contributed by atoms with E-state index in [0.717, 1.165) is 18.4 Å². The van der Waals surface area contributed by atoms with Crippen molar-refractivity contribution in [1.29, 1.82) is 0 Å². The summed E-state index contributed by atoms with van der Waals surface area (Å²) < 4.78 is 43.4. The molecule has 2 aliphatic rings. The number of rotatable bonds is 6. The van der Waals surface area contributed by atoms with Crippen LogP contribution in [0.25, 0.3) is 0 Å². The Balaban J connectivity index is 1.41. The van der Waals surface area contributed by atoms with E-state index in [4.69, 9.17) is 4.74 Å². The molecule has 9 heteroatoms. The molecule has 1 atom stereocenters. The largest absolute Gasteiger partial charge is 0.474 e. The zero-order valence-corrected chi connectivity index (χ0v) is 16.1. The average molecular weight is 399 g/mol. The van der Waals surface area contributed by atoms with Gasteiger partial charge in [-0.05, 0) is 37.7 Å². The number of alkyl halides is 3. The van der Waals surface area contributed by atoms with Crippen LogP contribution in [-0.4, -0.2) is 60.8 Å². The van der Waals surface area contributed by atoms with Gasteiger partial charge in [0.15, 0.2) is 5.96 Å². The van der Waals surface area contributed by atoms with Gasteiger partial charge in [0.25, 0.3) is 0 Å². The van der Waals surface area contributed by atoms with Crippen LogP contribution < -0.4 is 15.4 Å². The number of hydrogen-bond acceptors (Lipinski definition) is 4. The number of likely N-dealkylation sites (tertiary alicyclic amines) is 1. The van der Waals surface area contributed by atoms with E-state index in [-0.39, 0.29) is 12.1 Å². The molecular weight excluding hydrogens is 371 g/mol. The molecule has 0 aromatic carbocycles. The predicted molar refractivity (Wildman–Crippen MR) is 101 cm³/mol. The Morgan fingerprint density at radius 2 is 2.07 bits per heavy atom. The van der Waals surface area contributed by atoms with Crippen molar-refractivity contribution in [2.75, 3.05) is 26.7 Å². The van der Waals surface area contributed by atoms with Gasteiger partial charge in [0.1, 0.15) is 6.10 Å². The minimum atomic E-state index is -4.16. The first-order chi connectivity index (χ1) is 13.4. The zero-order valence-electron chi connectivity index (χ0n) is 16.1. The Morgan fingerprint density at radius 3 is 2.71 bits per heavy atom. The van der Waals surface area contributed by atoms with Crippen molar-refractivity contribution in [3.05, 3.63) is 23.9 Å². The summed E-state index contributed by atoms with van der Waals surface area (Å²) >= 11 is 0. The van der Waals surface area contributed by atoms with Crippen LogP contribution in [0.5, 0.6) is 5.88 Å². The predicted octanol–water partition coefficient (Wildman–Crippen LogP) is 2.70. The van der Waals surface area contributed by atoms with Crippen molar-refractivity contribution in [1.82, 2.24) is 20.5 Å². The molecular formula is C19H28F3N5O. The lowest BCUT2D eigenvalue weighted by molar-refractivity contribution is -0.143. The fourth-order valence-corrected chi connectivity index (χ4v) is 3.68. The molecule has 1 aromatic rings. The van der Waals surface area contributed by atoms with Crippen molar-refractivity contribution in [2.24, 2.45) is 4.99 Å². The Morgan fingerprint density at radius 1 is 1.29 bits per heavy atom. The van der Waals surface area contributed by atoms with E-state index < -0.39 is 12.7 Å². The normalized spacial score (nSPS) is 21.9. The first-order valence-electron chi connectivity index (χ1n) is 9.79. The molecule has 1 aliphatic heterocycles. The van der Waals surface area contributed by atoms with Gasteiger partial charge >= 0.3 is 6.18 Å². The number of guanidine groups is 1. The molecule has 3 rings (SSSR count). The summed E-state index contributed by atoms with van der Waals surface area (Å²) in [4.78, 5) is 9.93. The lowest BCUT2D eigenvalue weighted by Gasteiger charge is -2.20. The molecule has 0 bridgehead atoms. The third-order valence-electron chi connectivity index (χ3n) is 5.09. The number of nitrogens with one attached hydrogen (secondary N) is 2. The molecule has 0 amide bonds. The number of halogens is 3. The highest BCUT2D eigenvalue weighted by Gasteiger charge is 2.34. The van der Waals surface area contributed by atoms with Crippen molar-refractivity contribution in [3.63, 3.8) is 0 Å². The highest BCUT2D eigenvalue weighted by Crippen LogP contribution is 2.23. The molecule has 28 heavy (non-hydrogen) atoms. The summed E-state index contributed by atoms with van der Waals surface area (Å²) in [6, 6.07) is 3.78. The number of aromatic nitrogens is 1. The number of hydrogen-bond donors (Lipinski definition) is 2. The van der Waals surface area contributed by atoms with E-state index in [1.807, 2.05) is 12.1 Å². The molecule has 2 heterocycles. The van der Waals surface area contributed by atoms with E-state index in [1.54, 1.807) is 13.2 Å². The maximum atomic E-state index is 12.5. The van der Waals surface area contributed by atoms with Gasteiger partial charge in [0.05, 0.1) is 6.54 Å². The van der Waals surface area contributed by atoms with E-state index >= 15 is 0 Å². The van der Waals surface area contributed by atoms with E-state index in [9.17, 15) is 13.2 Å². The van der Waals surface area contributed by atoms with Crippen LogP contribution in [0.3, 0.4) is 0 Å². The Labute approximate surface area is 163 Å². The fraction of sp³-hybridized carbons (Fsp3) is 0.684. The number of aliphatic imine (C=N–C) groups is 1. The van der Waals surface area contributed by atoms with Crippen molar-refractivity contribution < 1.29 is 17.9 Å². The molecule has 1 saturated carbocycles. The third kappa shape index (κ3) is 6.54. The lowest BCUT2D eigenvalue weighted by atomic mass is 10.2. The summed E-state index contributed by atoms with van der Waals surface area (Å²) in [7, 11) is 1.65. The second-order valence-corrected chi connectivity index (χ2v) is 7.43. The molecule has 0 spiro atoms. The summed E-state index contributed by atoms with van der Waals surface area (Å²) in [5.74, 6) is 1.22. The third-order valence-corrected chi connectivity index (χ3v) is 5.09. The standard InChI is InChI=1S/C19H28F3N5O/c1-23-18(26-15-8-9-27(12-15)13-19(20,21)22)25-11-14-6-7-17(24-10-14)28-16-4-2-3-5-16/h6-7,10,15-16H,2-5,8-9,11-13H2,1H3,(H2,23,25,26). The number of pyridine rings is 1. The summed E-state index contributed by atoms with van der Waals surface area (Å²) in [5, 5.41) is 6.38. The molecule has 1 unspecified atom stereocenters. The topological polar surface area (TPSA) is 61.8 Å². The number of ether oxygens (including phenoxy) is 1. The molecule has 156 valence electrons. The van der Waals surface area contributed by atoms with Crippen LogP contribution in [0, 0.1) is 0 Å². The van der Waals surface area contributed by atoms with Crippen LogP contribution >= 0.6 is 0 Å². The second-order valence-electron chi connectivity index (χ2n) is 7.43. The van der Waals surface area contributed by atoms with Gasteiger partial charge in [-0.15, -0.1) is 0 Å². The van der Waals surface area contributed by atoms with Gasteiger partial charge in [0.2, 0.25) is 5.88 Å². The highest BCUT2D eigenvalue weighted by molar-refractivity contribution is 5.80. The van der Waals surface area contributed by atoms with Gasteiger partial charge in [-0.2, -0.15) is 13.2 Å². The molecule has 1 saturated heterocycles. The first kappa shape index (κ1) is 20.7. The first-order valence-corrected chi connectivity index (χ1v) is 9.79. The van der Waals surface area contributed by atoms with Gasteiger partial charge in [-0.3, -0.25) is 9.89 Å². The summed E-state index contributed by atoms with van der Waals surface area (Å²) in [5.41, 5.74) is 0.979. The smallest absolute Gasteiger partial charge is 0.401 e. The Bertz CT molecular complexity index is 644. The van der Waals surface area contributed by atoms with E-state index in [0.29, 0.717) is 37.9 Å². The van der Waals surface area contributed by atoms with Crippen molar-refractivity contribution in [2.45, 2.75) is 57.0 Å². The maximum Gasteiger partial charge on any atom is 0.401 e. The van der Waals surface area contributed by atoms with Gasteiger partial charge in [-0.1, -0.05) is 6.07 Å². The molecule has 2 fully saturated rings. The van der Waals surface area contributed by atoms with Crippen LogP contribution in [0.2, 0.25) is 0 Å². The number of nitrogens with zero attached hydrogens (tertiary/aromatic N) is 3. The molecule has 0 radical (unpaired) electrons. The minimum absolute atomic E-state index is 0.0473. The molecule has 6 nitrogen and oxygen atoms in total. The van der Waals surface area contributed by atoms with Crippen molar-refractivity contribution >= 4 is 5.96 Å². The SMILES string of the molecule is CN=C(NCc1ccc(OC2CCCC2)nc1)NC1CCN(CC(F)(F)F)C1. The van der Waals surface area contributed by atoms with E-state index in [2.05, 4.69) is 20.6 Å². The summed E-state index contributed by atoms with van der Waals surface area (Å²) in [6.07, 6.45) is 3.17. The Hall–Kier alpha value is -2.03. The van der Waals surface area contributed by atoms with Crippen LogP contribution in [0.15, 0.2) is 23.3 Å². The van der Waals surface area contributed by atoms with Crippen molar-refractivity contribution in [3.8, 4) is 5.88 Å².